The maximum Gasteiger partial charge on any atom is 0.118 e. The third-order valence-corrected chi connectivity index (χ3v) is 3.80. The zero-order valence-electron chi connectivity index (χ0n) is 12.2. The molecule has 0 saturated carbocycles. The predicted octanol–water partition coefficient (Wildman–Crippen LogP) is 3.78. The Morgan fingerprint density at radius 2 is 1.71 bits per heavy atom. The molecule has 0 saturated heterocycles. The van der Waals surface area contributed by atoms with Gasteiger partial charge in [-0.15, -0.1) is 12.4 Å². The smallest absolute Gasteiger partial charge is 0.118 e. The van der Waals surface area contributed by atoms with Gasteiger partial charge in [-0.2, -0.15) is 0 Å². The molecule has 0 aliphatic carbocycles. The van der Waals surface area contributed by atoms with Gasteiger partial charge >= 0.3 is 0 Å². The summed E-state index contributed by atoms with van der Waals surface area (Å²) in [6, 6.07) is 16.5. The minimum absolute atomic E-state index is 0. The number of halogens is 1. The number of benzene rings is 2. The van der Waals surface area contributed by atoms with Gasteiger partial charge in [0.15, 0.2) is 0 Å². The van der Waals surface area contributed by atoms with Crippen molar-refractivity contribution in [3.05, 3.63) is 59.7 Å². The summed E-state index contributed by atoms with van der Waals surface area (Å²) in [5, 5.41) is 1.23. The van der Waals surface area contributed by atoms with E-state index in [2.05, 4.69) is 30.3 Å². The topological polar surface area (TPSA) is 40.2 Å². The van der Waals surface area contributed by atoms with Gasteiger partial charge in [0, 0.05) is 29.9 Å². The van der Waals surface area contributed by atoms with E-state index >= 15 is 0 Å². The fourth-order valence-electron chi connectivity index (χ4n) is 2.62. The van der Waals surface area contributed by atoms with Crippen LogP contribution >= 0.6 is 12.4 Å². The Bertz CT molecular complexity index is 747. The van der Waals surface area contributed by atoms with Gasteiger partial charge in [-0.1, -0.05) is 30.3 Å². The summed E-state index contributed by atoms with van der Waals surface area (Å²) in [6.45, 7) is 0. The molecule has 1 aromatic heterocycles. The van der Waals surface area contributed by atoms with Crippen LogP contribution in [0.2, 0.25) is 0 Å². The van der Waals surface area contributed by atoms with Crippen LogP contribution in [0.1, 0.15) is 11.1 Å². The van der Waals surface area contributed by atoms with Crippen molar-refractivity contribution in [3.8, 4) is 5.75 Å². The molecule has 0 unspecified atom stereocenters. The molecule has 3 nitrogen and oxygen atoms in total. The highest BCUT2D eigenvalue weighted by Gasteiger charge is 2.12. The monoisotopic (exact) mass is 302 g/mol. The molecule has 2 N–H and O–H groups in total. The van der Waals surface area contributed by atoms with E-state index in [9.17, 15) is 0 Å². The Labute approximate surface area is 130 Å². The van der Waals surface area contributed by atoms with Crippen LogP contribution < -0.4 is 10.5 Å². The molecule has 0 bridgehead atoms. The van der Waals surface area contributed by atoms with Gasteiger partial charge in [0.1, 0.15) is 11.6 Å². The molecule has 3 aromatic rings. The molecule has 2 aromatic carbocycles. The van der Waals surface area contributed by atoms with Gasteiger partial charge in [0.2, 0.25) is 0 Å². The van der Waals surface area contributed by atoms with Crippen LogP contribution in [0.4, 0.5) is 5.82 Å². The zero-order valence-corrected chi connectivity index (χ0v) is 13.0. The van der Waals surface area contributed by atoms with Crippen molar-refractivity contribution < 1.29 is 4.74 Å². The number of anilines is 1. The number of nitrogens with two attached hydrogens (primary N) is 1. The van der Waals surface area contributed by atoms with Gasteiger partial charge < -0.3 is 15.0 Å². The van der Waals surface area contributed by atoms with Crippen LogP contribution in [-0.2, 0) is 13.5 Å². The third-order valence-electron chi connectivity index (χ3n) is 3.80. The van der Waals surface area contributed by atoms with Gasteiger partial charge in [0.05, 0.1) is 7.11 Å². The molecule has 0 aliphatic rings. The maximum absolute atomic E-state index is 6.26. The van der Waals surface area contributed by atoms with Crippen molar-refractivity contribution in [3.63, 3.8) is 0 Å². The van der Waals surface area contributed by atoms with Crippen LogP contribution in [0, 0.1) is 0 Å². The molecule has 0 aliphatic heterocycles. The average Bonchev–Trinajstić information content (AvgIpc) is 2.74. The van der Waals surface area contributed by atoms with Gasteiger partial charge in [-0.25, -0.2) is 0 Å². The number of aromatic nitrogens is 1. The summed E-state index contributed by atoms with van der Waals surface area (Å²) in [5.74, 6) is 1.71. The van der Waals surface area contributed by atoms with E-state index in [1.165, 1.54) is 22.0 Å². The quantitative estimate of drug-likeness (QED) is 0.800. The Kier molecular flexibility index (Phi) is 4.43. The Balaban J connectivity index is 0.00000161. The predicted molar refractivity (Wildman–Crippen MR) is 90.4 cm³/mol. The summed E-state index contributed by atoms with van der Waals surface area (Å²) in [7, 11) is 3.69. The van der Waals surface area contributed by atoms with Crippen LogP contribution in [0.25, 0.3) is 10.9 Å². The van der Waals surface area contributed by atoms with E-state index in [1.54, 1.807) is 7.11 Å². The third kappa shape index (κ3) is 2.69. The number of aryl methyl sites for hydroxylation is 1. The van der Waals surface area contributed by atoms with Crippen molar-refractivity contribution in [2.45, 2.75) is 6.42 Å². The number of hydrogen-bond acceptors (Lipinski definition) is 2. The summed E-state index contributed by atoms with van der Waals surface area (Å²) in [4.78, 5) is 0. The number of nitrogen functional groups attached to an aromatic ring is 1. The second-order valence-electron chi connectivity index (χ2n) is 4.96. The highest BCUT2D eigenvalue weighted by molar-refractivity contribution is 5.89. The van der Waals surface area contributed by atoms with Crippen molar-refractivity contribution in [2.24, 2.45) is 7.05 Å². The Morgan fingerprint density at radius 1 is 1.05 bits per heavy atom. The van der Waals surface area contributed by atoms with Crippen molar-refractivity contribution in [2.75, 3.05) is 12.8 Å². The van der Waals surface area contributed by atoms with Crippen LogP contribution in [0.15, 0.2) is 48.5 Å². The van der Waals surface area contributed by atoms with E-state index in [0.29, 0.717) is 0 Å². The van der Waals surface area contributed by atoms with E-state index in [-0.39, 0.29) is 12.4 Å². The summed E-state index contributed by atoms with van der Waals surface area (Å²) in [6.07, 6.45) is 0.831. The van der Waals surface area contributed by atoms with Gasteiger partial charge in [0.25, 0.3) is 0 Å². The first-order valence-electron chi connectivity index (χ1n) is 6.65. The number of fused-ring (bicyclic) bond motifs is 1. The van der Waals surface area contributed by atoms with Crippen LogP contribution in [0.5, 0.6) is 5.75 Å². The van der Waals surface area contributed by atoms with Crippen LogP contribution in [-0.4, -0.2) is 11.7 Å². The lowest BCUT2D eigenvalue weighted by Crippen LogP contribution is -1.99. The molecule has 0 fully saturated rings. The summed E-state index contributed by atoms with van der Waals surface area (Å²) in [5.41, 5.74) is 9.85. The Hall–Kier alpha value is -2.13. The number of nitrogens with zero attached hydrogens (tertiary/aromatic N) is 1. The average molecular weight is 303 g/mol. The first-order valence-corrected chi connectivity index (χ1v) is 6.65. The molecule has 0 amide bonds. The summed E-state index contributed by atoms with van der Waals surface area (Å²) < 4.78 is 7.24. The SMILES string of the molecule is COc1ccc(Cc2c(N)n(C)c3ccccc23)cc1.Cl. The largest absolute Gasteiger partial charge is 0.497 e. The molecule has 0 spiro atoms. The molecular formula is C17H19ClN2O. The number of para-hydroxylation sites is 1. The molecule has 4 heteroatoms. The lowest BCUT2D eigenvalue weighted by Gasteiger charge is -2.05. The minimum atomic E-state index is 0. The van der Waals surface area contributed by atoms with Gasteiger partial charge in [-0.05, 0) is 23.8 Å². The molecule has 0 atom stereocenters. The molecule has 1 heterocycles. The van der Waals surface area contributed by atoms with E-state index in [4.69, 9.17) is 10.5 Å². The number of ether oxygens (including phenoxy) is 1. The van der Waals surface area contributed by atoms with Crippen molar-refractivity contribution >= 4 is 29.1 Å². The molecule has 21 heavy (non-hydrogen) atoms. The van der Waals surface area contributed by atoms with Crippen LogP contribution in [0.3, 0.4) is 0 Å². The number of methoxy groups -OCH3 is 1. The van der Waals surface area contributed by atoms with E-state index < -0.39 is 0 Å². The Morgan fingerprint density at radius 3 is 2.38 bits per heavy atom. The number of rotatable bonds is 3. The second-order valence-corrected chi connectivity index (χ2v) is 4.96. The highest BCUT2D eigenvalue weighted by Crippen LogP contribution is 2.29. The first-order chi connectivity index (χ1) is 9.70. The lowest BCUT2D eigenvalue weighted by molar-refractivity contribution is 0.414. The fourth-order valence-corrected chi connectivity index (χ4v) is 2.62. The molecule has 110 valence electrons. The normalized spacial score (nSPS) is 10.4. The molecule has 3 rings (SSSR count). The zero-order chi connectivity index (χ0) is 14.1. The molecule has 0 radical (unpaired) electrons. The molecular weight excluding hydrogens is 284 g/mol. The fraction of sp³-hybridized carbons (Fsp3) is 0.176. The van der Waals surface area contributed by atoms with E-state index in [1.807, 2.05) is 29.8 Å². The van der Waals surface area contributed by atoms with E-state index in [0.717, 1.165) is 18.0 Å². The summed E-state index contributed by atoms with van der Waals surface area (Å²) >= 11 is 0. The second kappa shape index (κ2) is 6.10. The highest BCUT2D eigenvalue weighted by atomic mass is 35.5. The van der Waals surface area contributed by atoms with Crippen molar-refractivity contribution in [1.29, 1.82) is 0 Å². The maximum atomic E-state index is 6.26. The van der Waals surface area contributed by atoms with Crippen molar-refractivity contribution in [1.82, 2.24) is 4.57 Å². The lowest BCUT2D eigenvalue weighted by atomic mass is 10.0. The first kappa shape index (κ1) is 15.3. The standard InChI is InChI=1S/C17H18N2O.ClH/c1-19-16-6-4-3-5-14(16)15(17(19)18)11-12-7-9-13(20-2)10-8-12;/h3-10H,11,18H2,1-2H3;1H. The minimum Gasteiger partial charge on any atom is -0.497 e. The van der Waals surface area contributed by atoms with Gasteiger partial charge in [-0.3, -0.25) is 0 Å². The number of hydrogen-bond donors (Lipinski definition) is 1.